The molecule has 1 aliphatic heterocycles. The van der Waals surface area contributed by atoms with Gasteiger partial charge in [-0.05, 0) is 31.1 Å². The number of rotatable bonds is 4. The maximum absolute atomic E-state index is 11.5. The molecule has 104 valence electrons. The second-order valence-electron chi connectivity index (χ2n) is 5.46. The van der Waals surface area contributed by atoms with Crippen LogP contribution in [0, 0.1) is 11.8 Å². The molecule has 2 unspecified atom stereocenters. The molecule has 1 N–H and O–H groups in total. The molecule has 1 saturated carbocycles. The number of hydrogen-bond donors (Lipinski definition) is 1. The molecule has 2 rings (SSSR count). The van der Waals surface area contributed by atoms with E-state index in [2.05, 4.69) is 5.32 Å². The Morgan fingerprint density at radius 3 is 2.53 bits per heavy atom. The minimum atomic E-state index is -0.200. The van der Waals surface area contributed by atoms with Gasteiger partial charge in [-0.2, -0.15) is 0 Å². The lowest BCUT2D eigenvalue weighted by molar-refractivity contribution is -0.137. The van der Waals surface area contributed by atoms with Gasteiger partial charge < -0.3 is 5.32 Å². The number of nitrogens with zero attached hydrogens (tertiary/aromatic N) is 1. The third kappa shape index (κ3) is 3.66. The highest BCUT2D eigenvalue weighted by atomic mass is 16.2. The summed E-state index contributed by atoms with van der Waals surface area (Å²) in [5.74, 6) is 0.419. The lowest BCUT2D eigenvalue weighted by Crippen LogP contribution is -2.38. The van der Waals surface area contributed by atoms with Gasteiger partial charge in [0.1, 0.15) is 0 Å². The number of hydrogen-bond acceptors (Lipinski definition) is 3. The van der Waals surface area contributed by atoms with Crippen molar-refractivity contribution in [1.82, 2.24) is 10.2 Å². The fraction of sp³-hybridized carbons (Fsp3) is 0.643. The van der Waals surface area contributed by atoms with Gasteiger partial charge in [-0.15, -0.1) is 0 Å². The van der Waals surface area contributed by atoms with Crippen molar-refractivity contribution in [3.8, 4) is 0 Å². The van der Waals surface area contributed by atoms with Crippen LogP contribution in [0.1, 0.15) is 32.6 Å². The van der Waals surface area contributed by atoms with Gasteiger partial charge in [0, 0.05) is 32.2 Å². The first kappa shape index (κ1) is 13.8. The predicted molar refractivity (Wildman–Crippen MR) is 70.0 cm³/mol. The van der Waals surface area contributed by atoms with E-state index in [1.54, 1.807) is 0 Å². The molecule has 0 spiro atoms. The lowest BCUT2D eigenvalue weighted by atomic mass is 9.81. The molecule has 1 heterocycles. The van der Waals surface area contributed by atoms with Crippen LogP contribution in [0.4, 0.5) is 0 Å². The van der Waals surface area contributed by atoms with Crippen molar-refractivity contribution in [1.29, 1.82) is 0 Å². The van der Waals surface area contributed by atoms with E-state index in [0.717, 1.165) is 25.7 Å². The largest absolute Gasteiger partial charge is 0.356 e. The summed E-state index contributed by atoms with van der Waals surface area (Å²) in [6.45, 7) is 2.74. The van der Waals surface area contributed by atoms with E-state index in [9.17, 15) is 14.4 Å². The molecule has 3 amide bonds. The van der Waals surface area contributed by atoms with Crippen LogP contribution < -0.4 is 5.32 Å². The molecule has 0 radical (unpaired) electrons. The molecule has 0 aromatic rings. The third-order valence-corrected chi connectivity index (χ3v) is 3.87. The average Bonchev–Trinajstić information content (AvgIpc) is 2.69. The van der Waals surface area contributed by atoms with E-state index in [1.165, 1.54) is 24.0 Å². The topological polar surface area (TPSA) is 66.5 Å². The van der Waals surface area contributed by atoms with Gasteiger partial charge in [0.05, 0.1) is 0 Å². The van der Waals surface area contributed by atoms with E-state index in [4.69, 9.17) is 0 Å². The fourth-order valence-electron chi connectivity index (χ4n) is 2.91. The van der Waals surface area contributed by atoms with Crippen LogP contribution in [-0.4, -0.2) is 35.7 Å². The number of imide groups is 1. The van der Waals surface area contributed by atoms with Gasteiger partial charge in [-0.1, -0.05) is 6.42 Å². The molecule has 5 nitrogen and oxygen atoms in total. The van der Waals surface area contributed by atoms with E-state index in [0.29, 0.717) is 24.9 Å². The van der Waals surface area contributed by atoms with Gasteiger partial charge in [0.15, 0.2) is 0 Å². The number of nitrogens with one attached hydrogen (secondary N) is 1. The van der Waals surface area contributed by atoms with Crippen molar-refractivity contribution in [2.24, 2.45) is 11.8 Å². The highest BCUT2D eigenvalue weighted by molar-refractivity contribution is 6.12. The summed E-state index contributed by atoms with van der Waals surface area (Å²) in [7, 11) is 0. The maximum Gasteiger partial charge on any atom is 0.253 e. The number of carbonyl (C=O) groups excluding carboxylic acids is 3. The van der Waals surface area contributed by atoms with Crippen LogP contribution in [0.2, 0.25) is 0 Å². The zero-order chi connectivity index (χ0) is 13.8. The second kappa shape index (κ2) is 5.99. The van der Waals surface area contributed by atoms with Crippen LogP contribution >= 0.6 is 0 Å². The Bertz CT molecular complexity index is 399. The molecule has 0 aromatic carbocycles. The van der Waals surface area contributed by atoms with Crippen molar-refractivity contribution in [2.75, 3.05) is 13.1 Å². The van der Waals surface area contributed by atoms with Gasteiger partial charge >= 0.3 is 0 Å². The van der Waals surface area contributed by atoms with Gasteiger partial charge in [0.25, 0.3) is 11.8 Å². The monoisotopic (exact) mass is 264 g/mol. The van der Waals surface area contributed by atoms with Crippen LogP contribution in [0.15, 0.2) is 12.2 Å². The molecule has 2 atom stereocenters. The average molecular weight is 264 g/mol. The third-order valence-electron chi connectivity index (χ3n) is 3.87. The Morgan fingerprint density at radius 2 is 1.89 bits per heavy atom. The Morgan fingerprint density at radius 1 is 1.26 bits per heavy atom. The van der Waals surface area contributed by atoms with Crippen LogP contribution in [0.5, 0.6) is 0 Å². The molecule has 19 heavy (non-hydrogen) atoms. The molecule has 0 saturated heterocycles. The smallest absolute Gasteiger partial charge is 0.253 e. The summed E-state index contributed by atoms with van der Waals surface area (Å²) in [6, 6.07) is 0. The van der Waals surface area contributed by atoms with Gasteiger partial charge in [-0.3, -0.25) is 19.3 Å². The Kier molecular flexibility index (Phi) is 4.35. The van der Waals surface area contributed by atoms with Crippen molar-refractivity contribution < 1.29 is 14.4 Å². The van der Waals surface area contributed by atoms with Gasteiger partial charge in [0.2, 0.25) is 5.91 Å². The fourth-order valence-corrected chi connectivity index (χ4v) is 2.91. The molecule has 2 aliphatic rings. The number of amides is 3. The highest BCUT2D eigenvalue weighted by Gasteiger charge is 2.29. The quantitative estimate of drug-likeness (QED) is 0.766. The van der Waals surface area contributed by atoms with Crippen LogP contribution in [0.3, 0.4) is 0 Å². The SMILES string of the molecule is CC(=O)NCC1CCCC(CN2C(=O)C=CC2=O)C1. The first-order chi connectivity index (χ1) is 9.06. The van der Waals surface area contributed by atoms with E-state index in [-0.39, 0.29) is 17.7 Å². The van der Waals surface area contributed by atoms with E-state index in [1.807, 2.05) is 0 Å². The highest BCUT2D eigenvalue weighted by Crippen LogP contribution is 2.29. The maximum atomic E-state index is 11.5. The molecule has 1 aliphatic carbocycles. The van der Waals surface area contributed by atoms with Crippen molar-refractivity contribution in [3.63, 3.8) is 0 Å². The standard InChI is InChI=1S/C14H20N2O3/c1-10(17)15-8-11-3-2-4-12(7-11)9-16-13(18)5-6-14(16)19/h5-6,11-12H,2-4,7-9H2,1H3,(H,15,17). The lowest BCUT2D eigenvalue weighted by Gasteiger charge is -2.31. The summed E-state index contributed by atoms with van der Waals surface area (Å²) in [5, 5.41) is 2.85. The number of carbonyl (C=O) groups is 3. The predicted octanol–water partition coefficient (Wildman–Crippen LogP) is 0.854. The molecule has 5 heteroatoms. The summed E-state index contributed by atoms with van der Waals surface area (Å²) in [6.07, 6.45) is 6.89. The summed E-state index contributed by atoms with van der Waals surface area (Å²) in [4.78, 5) is 35.3. The molecule has 0 bridgehead atoms. The zero-order valence-electron chi connectivity index (χ0n) is 11.2. The van der Waals surface area contributed by atoms with Crippen LogP contribution in [0.25, 0.3) is 0 Å². The normalized spacial score (nSPS) is 26.9. The second-order valence-corrected chi connectivity index (χ2v) is 5.46. The van der Waals surface area contributed by atoms with Crippen molar-refractivity contribution >= 4 is 17.7 Å². The molecule has 0 aromatic heterocycles. The Balaban J connectivity index is 1.82. The van der Waals surface area contributed by atoms with E-state index >= 15 is 0 Å². The summed E-state index contributed by atoms with van der Waals surface area (Å²) in [5.41, 5.74) is 0. The van der Waals surface area contributed by atoms with Crippen molar-refractivity contribution in [2.45, 2.75) is 32.6 Å². The summed E-state index contributed by atoms with van der Waals surface area (Å²) < 4.78 is 0. The Hall–Kier alpha value is -1.65. The van der Waals surface area contributed by atoms with Crippen LogP contribution in [-0.2, 0) is 14.4 Å². The molecular weight excluding hydrogens is 244 g/mol. The van der Waals surface area contributed by atoms with Gasteiger partial charge in [-0.25, -0.2) is 0 Å². The zero-order valence-corrected chi connectivity index (χ0v) is 11.2. The first-order valence-electron chi connectivity index (χ1n) is 6.84. The minimum Gasteiger partial charge on any atom is -0.356 e. The first-order valence-corrected chi connectivity index (χ1v) is 6.84. The summed E-state index contributed by atoms with van der Waals surface area (Å²) >= 11 is 0. The molecule has 1 fully saturated rings. The Labute approximate surface area is 113 Å². The van der Waals surface area contributed by atoms with Crippen molar-refractivity contribution in [3.05, 3.63) is 12.2 Å². The minimum absolute atomic E-state index is 0.00350. The molecular formula is C14H20N2O3. The van der Waals surface area contributed by atoms with E-state index < -0.39 is 0 Å².